The van der Waals surface area contributed by atoms with Gasteiger partial charge in [0.05, 0.1) is 22.1 Å². The summed E-state index contributed by atoms with van der Waals surface area (Å²) >= 11 is 0. The molecule has 0 fully saturated rings. The number of para-hydroxylation sites is 2. The van der Waals surface area contributed by atoms with Crippen LogP contribution in [-0.4, -0.2) is 9.55 Å². The normalized spacial score (nSPS) is 12.1. The van der Waals surface area contributed by atoms with E-state index in [9.17, 15) is 0 Å². The van der Waals surface area contributed by atoms with Gasteiger partial charge < -0.3 is 13.4 Å². The van der Waals surface area contributed by atoms with Gasteiger partial charge in [-0.15, -0.1) is 0 Å². The predicted octanol–water partition coefficient (Wildman–Crippen LogP) is 12.5. The highest BCUT2D eigenvalue weighted by atomic mass is 16.3. The molecule has 0 radical (unpaired) electrons. The number of oxazole rings is 1. The Morgan fingerprint density at radius 3 is 2.04 bits per heavy atom. The van der Waals surface area contributed by atoms with Gasteiger partial charge in [-0.3, -0.25) is 0 Å². The zero-order valence-electron chi connectivity index (χ0n) is 26.2. The van der Waals surface area contributed by atoms with Crippen LogP contribution in [-0.2, 0) is 0 Å². The van der Waals surface area contributed by atoms with Gasteiger partial charge in [0, 0.05) is 32.8 Å². The molecule has 0 N–H and O–H groups in total. The lowest BCUT2D eigenvalue weighted by Crippen LogP contribution is -1.94. The number of fused-ring (bicyclic) bond motifs is 11. The zero-order chi connectivity index (χ0) is 32.1. The summed E-state index contributed by atoms with van der Waals surface area (Å²) in [4.78, 5) is 5.04. The van der Waals surface area contributed by atoms with Crippen LogP contribution >= 0.6 is 0 Å². The summed E-state index contributed by atoms with van der Waals surface area (Å²) in [6.07, 6.45) is 0. The van der Waals surface area contributed by atoms with E-state index in [4.69, 9.17) is 13.8 Å². The van der Waals surface area contributed by atoms with Crippen molar-refractivity contribution in [1.82, 2.24) is 9.55 Å². The first kappa shape index (κ1) is 26.4. The third-order valence-electron chi connectivity index (χ3n) is 10.0. The van der Waals surface area contributed by atoms with Crippen molar-refractivity contribution in [3.63, 3.8) is 0 Å². The number of furan rings is 1. The van der Waals surface area contributed by atoms with Crippen molar-refractivity contribution in [3.8, 4) is 28.3 Å². The van der Waals surface area contributed by atoms with Gasteiger partial charge in [-0.25, -0.2) is 4.98 Å². The number of benzene rings is 8. The maximum Gasteiger partial charge on any atom is 0.227 e. The molecule has 0 aliphatic carbocycles. The molecule has 0 amide bonds. The summed E-state index contributed by atoms with van der Waals surface area (Å²) in [7, 11) is 0. The van der Waals surface area contributed by atoms with Crippen LogP contribution in [0.25, 0.3) is 105 Å². The molecular formula is C45H26N2O2. The monoisotopic (exact) mass is 626 g/mol. The van der Waals surface area contributed by atoms with Crippen LogP contribution in [0.2, 0.25) is 0 Å². The molecule has 49 heavy (non-hydrogen) atoms. The van der Waals surface area contributed by atoms with Gasteiger partial charge in [-0.05, 0) is 70.1 Å². The summed E-state index contributed by atoms with van der Waals surface area (Å²) in [6.45, 7) is 0. The Bertz CT molecular complexity index is 3110. The van der Waals surface area contributed by atoms with Gasteiger partial charge in [0.25, 0.3) is 0 Å². The lowest BCUT2D eigenvalue weighted by Gasteiger charge is -2.11. The topological polar surface area (TPSA) is 44.1 Å². The predicted molar refractivity (Wildman–Crippen MR) is 202 cm³/mol. The van der Waals surface area contributed by atoms with E-state index in [1.165, 1.54) is 27.1 Å². The van der Waals surface area contributed by atoms with Crippen molar-refractivity contribution in [3.05, 3.63) is 158 Å². The lowest BCUT2D eigenvalue weighted by atomic mass is 9.95. The molecular weight excluding hydrogens is 601 g/mol. The highest BCUT2D eigenvalue weighted by molar-refractivity contribution is 6.27. The highest BCUT2D eigenvalue weighted by Crippen LogP contribution is 2.46. The van der Waals surface area contributed by atoms with Gasteiger partial charge >= 0.3 is 0 Å². The van der Waals surface area contributed by atoms with Gasteiger partial charge in [0.2, 0.25) is 5.89 Å². The minimum atomic E-state index is 0.603. The summed E-state index contributed by atoms with van der Waals surface area (Å²) < 4.78 is 15.7. The van der Waals surface area contributed by atoms with E-state index >= 15 is 0 Å². The second-order valence-electron chi connectivity index (χ2n) is 12.7. The van der Waals surface area contributed by atoms with Crippen LogP contribution < -0.4 is 0 Å². The molecule has 0 aliphatic heterocycles. The van der Waals surface area contributed by atoms with Crippen molar-refractivity contribution in [2.75, 3.05) is 0 Å². The molecule has 0 saturated carbocycles. The van der Waals surface area contributed by atoms with Gasteiger partial charge in [-0.1, -0.05) is 109 Å². The van der Waals surface area contributed by atoms with Crippen molar-refractivity contribution >= 4 is 76.4 Å². The summed E-state index contributed by atoms with van der Waals surface area (Å²) in [5, 5.41) is 9.45. The summed E-state index contributed by atoms with van der Waals surface area (Å²) in [5.41, 5.74) is 9.57. The minimum Gasteiger partial charge on any atom is -0.455 e. The SMILES string of the molecule is c1ccc(-c2nc3c(-c4cc5ccccc5c5c4oc4cccc(-n6c7ccccc7c7c8ccccc8ccc76)c45)cccc3o2)cc1. The van der Waals surface area contributed by atoms with Crippen LogP contribution in [0.5, 0.6) is 0 Å². The molecule has 3 heterocycles. The number of aromatic nitrogens is 2. The molecule has 0 unspecified atom stereocenters. The molecule has 0 saturated heterocycles. The molecule has 8 aromatic carbocycles. The molecule has 0 spiro atoms. The Hall–Kier alpha value is -6.65. The highest BCUT2D eigenvalue weighted by Gasteiger charge is 2.23. The average molecular weight is 627 g/mol. The maximum atomic E-state index is 6.95. The maximum absolute atomic E-state index is 6.95. The summed E-state index contributed by atoms with van der Waals surface area (Å²) in [6, 6.07) is 55.3. The van der Waals surface area contributed by atoms with Gasteiger partial charge in [0.1, 0.15) is 16.7 Å². The van der Waals surface area contributed by atoms with Gasteiger partial charge in [0.15, 0.2) is 5.58 Å². The fraction of sp³-hybridized carbons (Fsp3) is 0. The zero-order valence-corrected chi connectivity index (χ0v) is 26.2. The van der Waals surface area contributed by atoms with Crippen LogP contribution in [0, 0.1) is 0 Å². The van der Waals surface area contributed by atoms with E-state index in [1.807, 2.05) is 42.5 Å². The molecule has 4 nitrogen and oxygen atoms in total. The minimum absolute atomic E-state index is 0.603. The molecule has 0 aliphatic rings. The van der Waals surface area contributed by atoms with Crippen molar-refractivity contribution in [2.45, 2.75) is 0 Å². The third-order valence-corrected chi connectivity index (χ3v) is 10.0. The van der Waals surface area contributed by atoms with E-state index in [-0.39, 0.29) is 0 Å². The third kappa shape index (κ3) is 3.71. The van der Waals surface area contributed by atoms with E-state index in [0.29, 0.717) is 5.89 Å². The van der Waals surface area contributed by atoms with Crippen LogP contribution in [0.1, 0.15) is 0 Å². The Morgan fingerprint density at radius 2 is 1.16 bits per heavy atom. The van der Waals surface area contributed by atoms with E-state index < -0.39 is 0 Å². The second kappa shape index (κ2) is 9.93. The molecule has 0 atom stereocenters. The van der Waals surface area contributed by atoms with Crippen molar-refractivity contribution in [2.24, 2.45) is 0 Å². The van der Waals surface area contributed by atoms with E-state index in [1.54, 1.807) is 0 Å². The van der Waals surface area contributed by atoms with Crippen molar-refractivity contribution in [1.29, 1.82) is 0 Å². The van der Waals surface area contributed by atoms with E-state index in [2.05, 4.69) is 120 Å². The molecule has 11 rings (SSSR count). The van der Waals surface area contributed by atoms with Crippen LogP contribution in [0.3, 0.4) is 0 Å². The van der Waals surface area contributed by atoms with Crippen LogP contribution in [0.15, 0.2) is 167 Å². The second-order valence-corrected chi connectivity index (χ2v) is 12.7. The van der Waals surface area contributed by atoms with Gasteiger partial charge in [-0.2, -0.15) is 0 Å². The molecule has 228 valence electrons. The first-order valence-electron chi connectivity index (χ1n) is 16.6. The quantitative estimate of drug-likeness (QED) is 0.196. The standard InChI is InChI=1S/C45H26N2O2/c1-2-13-28(14-3-1)45-46-43-32(19-10-23-39(43)49-45)34-26-29-15-5-7-17-31(29)41-42-36(21-11-22-38(42)48-44(34)41)47-35-20-9-8-18-33(35)40-30-16-6-4-12-27(30)24-25-37(40)47/h1-26H. The lowest BCUT2D eigenvalue weighted by molar-refractivity contribution is 0.620. The number of hydrogen-bond donors (Lipinski definition) is 0. The first-order valence-corrected chi connectivity index (χ1v) is 16.6. The fourth-order valence-electron chi connectivity index (χ4n) is 7.90. The van der Waals surface area contributed by atoms with Crippen LogP contribution in [0.4, 0.5) is 0 Å². The molecule has 11 aromatic rings. The number of hydrogen-bond acceptors (Lipinski definition) is 3. The van der Waals surface area contributed by atoms with E-state index in [0.717, 1.165) is 71.7 Å². The first-order chi connectivity index (χ1) is 24.3. The average Bonchev–Trinajstić information content (AvgIpc) is 3.87. The molecule has 4 heteroatoms. The van der Waals surface area contributed by atoms with Crippen molar-refractivity contribution < 1.29 is 8.83 Å². The summed E-state index contributed by atoms with van der Waals surface area (Å²) in [5.74, 6) is 0.603. The largest absolute Gasteiger partial charge is 0.455 e. The Morgan fingerprint density at radius 1 is 0.449 bits per heavy atom. The fourth-order valence-corrected chi connectivity index (χ4v) is 7.90. The number of nitrogens with zero attached hydrogens (tertiary/aromatic N) is 2. The Labute approximate surface area is 280 Å². The molecule has 3 aromatic heterocycles. The molecule has 0 bridgehead atoms. The Kier molecular flexibility index (Phi) is 5.35. The Balaban J connectivity index is 1.27. The smallest absolute Gasteiger partial charge is 0.227 e. The number of rotatable bonds is 3.